The van der Waals surface area contributed by atoms with Gasteiger partial charge in [0.1, 0.15) is 10.1 Å². The Kier molecular flexibility index (Phi) is 5.10. The van der Waals surface area contributed by atoms with Gasteiger partial charge in [-0.3, -0.25) is 14.6 Å². The van der Waals surface area contributed by atoms with Crippen LogP contribution in [-0.4, -0.2) is 23.4 Å². The largest absolute Gasteiger partial charge is 0.284 e. The van der Waals surface area contributed by atoms with E-state index < -0.39 is 20.1 Å². The van der Waals surface area contributed by atoms with Gasteiger partial charge in [0.15, 0.2) is 0 Å². The van der Waals surface area contributed by atoms with Gasteiger partial charge < -0.3 is 0 Å². The summed E-state index contributed by atoms with van der Waals surface area (Å²) in [5, 5.41) is 7.80. The van der Waals surface area contributed by atoms with Gasteiger partial charge in [0.25, 0.3) is 5.56 Å². The maximum Gasteiger partial charge on any atom is 0.271 e. The lowest BCUT2D eigenvalue weighted by atomic mass is 9.88. The second-order valence-electron chi connectivity index (χ2n) is 7.30. The molecule has 2 atom stereocenters. The van der Waals surface area contributed by atoms with Gasteiger partial charge in [-0.1, -0.05) is 37.6 Å². The van der Waals surface area contributed by atoms with Crippen LogP contribution >= 0.6 is 23.2 Å². The fourth-order valence-corrected chi connectivity index (χ4v) is 5.36. The second kappa shape index (κ2) is 6.81. The van der Waals surface area contributed by atoms with E-state index in [1.165, 1.54) is 12.2 Å². The molecule has 1 aliphatic carbocycles. The number of benzene rings is 1. The van der Waals surface area contributed by atoms with Crippen LogP contribution in [0.1, 0.15) is 26.3 Å². The lowest BCUT2D eigenvalue weighted by Crippen LogP contribution is -2.43. The Morgan fingerprint density at radius 2 is 2.04 bits per heavy atom. The van der Waals surface area contributed by atoms with Gasteiger partial charge in [0.05, 0.1) is 10.9 Å². The Morgan fingerprint density at radius 1 is 1.37 bits per heavy atom. The third kappa shape index (κ3) is 3.61. The third-order valence-corrected chi connectivity index (χ3v) is 6.96. The van der Waals surface area contributed by atoms with Crippen LogP contribution in [-0.2, 0) is 21.4 Å². The summed E-state index contributed by atoms with van der Waals surface area (Å²) in [7, 11) is -4.01. The van der Waals surface area contributed by atoms with Gasteiger partial charge in [-0.05, 0) is 42.2 Å². The Balaban J connectivity index is 2.21. The van der Waals surface area contributed by atoms with Crippen molar-refractivity contribution in [3.05, 3.63) is 56.9 Å². The summed E-state index contributed by atoms with van der Waals surface area (Å²) in [6.07, 6.45) is 2.92. The Morgan fingerprint density at radius 3 is 2.63 bits per heavy atom. The molecular formula is C18H21Cl2N3O3S. The van der Waals surface area contributed by atoms with Crippen molar-refractivity contribution in [1.82, 2.24) is 9.78 Å². The zero-order valence-electron chi connectivity index (χ0n) is 15.2. The van der Waals surface area contributed by atoms with E-state index >= 15 is 0 Å². The first-order valence-corrected chi connectivity index (χ1v) is 10.8. The second-order valence-corrected chi connectivity index (χ2v) is 10.0. The normalized spacial score (nSPS) is 23.6. The highest BCUT2D eigenvalue weighted by Crippen LogP contribution is 2.44. The van der Waals surface area contributed by atoms with Crippen molar-refractivity contribution in [2.24, 2.45) is 11.1 Å². The van der Waals surface area contributed by atoms with E-state index in [4.69, 9.17) is 28.3 Å². The number of aromatic nitrogens is 2. The lowest BCUT2D eigenvalue weighted by Gasteiger charge is -2.33. The van der Waals surface area contributed by atoms with Crippen LogP contribution in [0.4, 0.5) is 0 Å². The van der Waals surface area contributed by atoms with Gasteiger partial charge in [-0.2, -0.15) is 0 Å². The summed E-state index contributed by atoms with van der Waals surface area (Å²) in [5.41, 5.74) is 1.47. The van der Waals surface area contributed by atoms with Gasteiger partial charge >= 0.3 is 0 Å². The monoisotopic (exact) mass is 429 g/mol. The summed E-state index contributed by atoms with van der Waals surface area (Å²) in [6.45, 7) is 6.43. The van der Waals surface area contributed by atoms with Gasteiger partial charge in [-0.25, -0.2) is 13.6 Å². The Labute approximate surface area is 167 Å². The topological polar surface area (TPSA) is 98.0 Å². The zero-order chi connectivity index (χ0) is 20.1. The standard InChI is InChI=1S/C18H21Cl2N3O3S/c1-10(2)9-23-15-5-4-12(7-13(15)17(24)22-23)18(20)8-14(19)11(3)6-16(18)27(21,25)26/h4-8,10,16H,9H2,1-3H3,(H,22,24)(H2,21,25,26). The van der Waals surface area contributed by atoms with Crippen LogP contribution in [0.25, 0.3) is 10.9 Å². The summed E-state index contributed by atoms with van der Waals surface area (Å²) in [5.74, 6) is 0.343. The number of hydrogen-bond acceptors (Lipinski definition) is 3. The number of allylic oxidation sites excluding steroid dienone is 3. The number of nitrogens with one attached hydrogen (secondary N) is 1. The maximum atomic E-state index is 12.4. The number of nitrogens with zero attached hydrogens (tertiary/aromatic N) is 1. The van der Waals surface area contributed by atoms with Crippen LogP contribution < -0.4 is 10.7 Å². The van der Waals surface area contributed by atoms with Crippen molar-refractivity contribution < 1.29 is 8.42 Å². The number of sulfonamides is 1. The molecule has 1 heterocycles. The molecule has 146 valence electrons. The molecular weight excluding hydrogens is 409 g/mol. The fourth-order valence-electron chi connectivity index (χ4n) is 3.33. The van der Waals surface area contributed by atoms with Crippen molar-refractivity contribution in [3.63, 3.8) is 0 Å². The number of rotatable bonds is 4. The van der Waals surface area contributed by atoms with E-state index in [0.717, 1.165) is 5.52 Å². The lowest BCUT2D eigenvalue weighted by molar-refractivity contribution is 0.492. The number of H-pyrrole nitrogens is 1. The van der Waals surface area contributed by atoms with Crippen molar-refractivity contribution in [1.29, 1.82) is 0 Å². The van der Waals surface area contributed by atoms with E-state index in [2.05, 4.69) is 5.10 Å². The molecule has 1 aliphatic rings. The van der Waals surface area contributed by atoms with Crippen molar-refractivity contribution in [3.8, 4) is 0 Å². The van der Waals surface area contributed by atoms with Crippen LogP contribution in [0.2, 0.25) is 0 Å². The van der Waals surface area contributed by atoms with E-state index in [9.17, 15) is 13.2 Å². The molecule has 0 aliphatic heterocycles. The van der Waals surface area contributed by atoms with Crippen molar-refractivity contribution >= 4 is 44.1 Å². The number of hydrogen-bond donors (Lipinski definition) is 2. The number of alkyl halides is 1. The van der Waals surface area contributed by atoms with Crippen LogP contribution in [0.5, 0.6) is 0 Å². The summed E-state index contributed by atoms with van der Waals surface area (Å²) >= 11 is 13.0. The highest BCUT2D eigenvalue weighted by Gasteiger charge is 2.45. The SMILES string of the molecule is CC1=CC(S(N)(=O)=O)C(Cl)(c2ccc3c(c2)c(=O)[nH]n3CC(C)C)C=C1Cl. The van der Waals surface area contributed by atoms with Crippen LogP contribution in [0, 0.1) is 5.92 Å². The minimum Gasteiger partial charge on any atom is -0.284 e. The average Bonchev–Trinajstić information content (AvgIpc) is 2.85. The van der Waals surface area contributed by atoms with E-state index in [1.807, 2.05) is 13.8 Å². The molecule has 0 radical (unpaired) electrons. The van der Waals surface area contributed by atoms with Crippen LogP contribution in [0.3, 0.4) is 0 Å². The first-order valence-electron chi connectivity index (χ1n) is 8.44. The average molecular weight is 430 g/mol. The Hall–Kier alpha value is -1.54. The number of primary sulfonamides is 1. The molecule has 2 unspecified atom stereocenters. The Bertz CT molecular complexity index is 1130. The van der Waals surface area contributed by atoms with Gasteiger partial charge in [0.2, 0.25) is 10.0 Å². The molecule has 0 spiro atoms. The van der Waals surface area contributed by atoms with E-state index in [1.54, 1.807) is 29.8 Å². The molecule has 3 N–H and O–H groups in total. The highest BCUT2D eigenvalue weighted by molar-refractivity contribution is 7.90. The number of nitrogens with two attached hydrogens (primary N) is 1. The molecule has 2 aromatic rings. The summed E-state index contributed by atoms with van der Waals surface area (Å²) < 4.78 is 26.2. The molecule has 3 rings (SSSR count). The quantitative estimate of drug-likeness (QED) is 0.729. The van der Waals surface area contributed by atoms with Gasteiger partial charge in [0, 0.05) is 11.6 Å². The smallest absolute Gasteiger partial charge is 0.271 e. The first-order chi connectivity index (χ1) is 12.4. The minimum atomic E-state index is -4.01. The number of halogens is 2. The molecule has 0 saturated carbocycles. The zero-order valence-corrected chi connectivity index (χ0v) is 17.5. The molecule has 0 fully saturated rings. The molecule has 1 aromatic heterocycles. The van der Waals surface area contributed by atoms with Crippen LogP contribution in [0.15, 0.2) is 45.8 Å². The minimum absolute atomic E-state index is 0.266. The molecule has 9 heteroatoms. The van der Waals surface area contributed by atoms with E-state index in [-0.39, 0.29) is 5.56 Å². The molecule has 0 bridgehead atoms. The molecule has 27 heavy (non-hydrogen) atoms. The number of fused-ring (bicyclic) bond motifs is 1. The summed E-state index contributed by atoms with van der Waals surface area (Å²) in [4.78, 5) is 10.9. The predicted octanol–water partition coefficient (Wildman–Crippen LogP) is 3.16. The molecule has 0 amide bonds. The van der Waals surface area contributed by atoms with Gasteiger partial charge in [-0.15, -0.1) is 11.6 Å². The molecule has 0 saturated heterocycles. The van der Waals surface area contributed by atoms with Crippen molar-refractivity contribution in [2.75, 3.05) is 0 Å². The molecule has 1 aromatic carbocycles. The first kappa shape index (κ1) is 20.2. The highest BCUT2D eigenvalue weighted by atomic mass is 35.5. The number of aromatic amines is 1. The fraction of sp³-hybridized carbons (Fsp3) is 0.389. The van der Waals surface area contributed by atoms with E-state index in [0.29, 0.717) is 34.0 Å². The van der Waals surface area contributed by atoms with Crippen molar-refractivity contribution in [2.45, 2.75) is 37.4 Å². The maximum absolute atomic E-state index is 12.4. The third-order valence-electron chi connectivity index (χ3n) is 4.64. The summed E-state index contributed by atoms with van der Waals surface area (Å²) in [6, 6.07) is 5.06. The predicted molar refractivity (Wildman–Crippen MR) is 110 cm³/mol. The molecule has 6 nitrogen and oxygen atoms in total.